The summed E-state index contributed by atoms with van der Waals surface area (Å²) in [6, 6.07) is 14.4. The standard InChI is InChI=1S/C21H22N4O/c22-11-15-6-8-17(9-7-15)18-4-1-5-19-20(18)21(24-14-23-19)25-10-2-3-16(12-25)13-26/h1,4-9,13-14,16H,2-3,10-12,22H2. The third-order valence-electron chi connectivity index (χ3n) is 5.09. The number of nitrogens with zero attached hydrogens (tertiary/aromatic N) is 3. The van der Waals surface area contributed by atoms with Gasteiger partial charge in [-0.2, -0.15) is 0 Å². The van der Waals surface area contributed by atoms with Crippen LogP contribution in [0.4, 0.5) is 5.82 Å². The predicted molar refractivity (Wildman–Crippen MR) is 104 cm³/mol. The Morgan fingerprint density at radius 3 is 2.77 bits per heavy atom. The van der Waals surface area contributed by atoms with Gasteiger partial charge in [0.15, 0.2) is 0 Å². The van der Waals surface area contributed by atoms with E-state index in [1.165, 1.54) is 0 Å². The Morgan fingerprint density at radius 1 is 1.15 bits per heavy atom. The summed E-state index contributed by atoms with van der Waals surface area (Å²) in [6.45, 7) is 2.16. The molecule has 132 valence electrons. The molecule has 26 heavy (non-hydrogen) atoms. The maximum absolute atomic E-state index is 11.3. The fraction of sp³-hybridized carbons (Fsp3) is 0.286. The summed E-state index contributed by atoms with van der Waals surface area (Å²) in [6.07, 6.45) is 4.64. The van der Waals surface area contributed by atoms with Crippen molar-refractivity contribution in [2.75, 3.05) is 18.0 Å². The van der Waals surface area contributed by atoms with Crippen LogP contribution >= 0.6 is 0 Å². The van der Waals surface area contributed by atoms with Gasteiger partial charge in [0, 0.05) is 25.6 Å². The minimum atomic E-state index is 0.0739. The lowest BCUT2D eigenvalue weighted by Crippen LogP contribution is -2.36. The van der Waals surface area contributed by atoms with Crippen LogP contribution in [-0.4, -0.2) is 29.3 Å². The highest BCUT2D eigenvalue weighted by Crippen LogP contribution is 2.35. The second-order valence-corrected chi connectivity index (χ2v) is 6.78. The highest BCUT2D eigenvalue weighted by molar-refractivity contribution is 6.02. The molecule has 2 aromatic carbocycles. The molecule has 1 saturated heterocycles. The lowest BCUT2D eigenvalue weighted by Gasteiger charge is -2.32. The van der Waals surface area contributed by atoms with Crippen LogP contribution in [-0.2, 0) is 11.3 Å². The minimum Gasteiger partial charge on any atom is -0.355 e. The van der Waals surface area contributed by atoms with E-state index in [1.807, 2.05) is 12.1 Å². The van der Waals surface area contributed by atoms with Crippen molar-refractivity contribution in [3.63, 3.8) is 0 Å². The second-order valence-electron chi connectivity index (χ2n) is 6.78. The SMILES string of the molecule is NCc1ccc(-c2cccc3ncnc(N4CCCC(C=O)C4)c23)cc1. The molecule has 5 heteroatoms. The lowest BCUT2D eigenvalue weighted by molar-refractivity contribution is -0.111. The first kappa shape index (κ1) is 16.7. The van der Waals surface area contributed by atoms with E-state index in [0.717, 1.165) is 65.6 Å². The zero-order valence-corrected chi connectivity index (χ0v) is 14.6. The molecule has 2 N–H and O–H groups in total. The molecule has 3 aromatic rings. The van der Waals surface area contributed by atoms with Crippen LogP contribution in [0.25, 0.3) is 22.0 Å². The number of hydrogen-bond acceptors (Lipinski definition) is 5. The van der Waals surface area contributed by atoms with Gasteiger partial charge in [0.2, 0.25) is 0 Å². The first-order valence-electron chi connectivity index (χ1n) is 9.03. The zero-order chi connectivity index (χ0) is 17.9. The maximum atomic E-state index is 11.3. The molecule has 1 aliphatic heterocycles. The van der Waals surface area contributed by atoms with Crippen molar-refractivity contribution in [3.05, 3.63) is 54.4 Å². The van der Waals surface area contributed by atoms with Gasteiger partial charge in [-0.25, -0.2) is 9.97 Å². The van der Waals surface area contributed by atoms with Gasteiger partial charge in [0.25, 0.3) is 0 Å². The van der Waals surface area contributed by atoms with Crippen molar-refractivity contribution < 1.29 is 4.79 Å². The molecule has 0 amide bonds. The molecule has 0 spiro atoms. The van der Waals surface area contributed by atoms with E-state index in [0.29, 0.717) is 6.54 Å². The van der Waals surface area contributed by atoms with Crippen LogP contribution in [0, 0.1) is 5.92 Å². The fourth-order valence-corrected chi connectivity index (χ4v) is 3.71. The van der Waals surface area contributed by atoms with E-state index in [4.69, 9.17) is 5.73 Å². The molecule has 1 aromatic heterocycles. The molecule has 2 heterocycles. The lowest BCUT2D eigenvalue weighted by atomic mass is 9.97. The Labute approximate surface area is 152 Å². The van der Waals surface area contributed by atoms with Gasteiger partial charge in [0.1, 0.15) is 18.4 Å². The Bertz CT molecular complexity index is 918. The van der Waals surface area contributed by atoms with Crippen molar-refractivity contribution in [1.29, 1.82) is 0 Å². The van der Waals surface area contributed by atoms with Crippen LogP contribution in [0.1, 0.15) is 18.4 Å². The number of piperidine rings is 1. The quantitative estimate of drug-likeness (QED) is 0.735. The Kier molecular flexibility index (Phi) is 4.63. The number of carbonyl (C=O) groups excluding carboxylic acids is 1. The smallest absolute Gasteiger partial charge is 0.140 e. The van der Waals surface area contributed by atoms with E-state index in [9.17, 15) is 4.79 Å². The summed E-state index contributed by atoms with van der Waals surface area (Å²) in [7, 11) is 0. The van der Waals surface area contributed by atoms with Gasteiger partial charge in [-0.05, 0) is 35.6 Å². The number of carbonyl (C=O) groups is 1. The van der Waals surface area contributed by atoms with Crippen LogP contribution in [0.2, 0.25) is 0 Å². The number of fused-ring (bicyclic) bond motifs is 1. The van der Waals surface area contributed by atoms with Gasteiger partial charge in [-0.3, -0.25) is 0 Å². The fourth-order valence-electron chi connectivity index (χ4n) is 3.71. The van der Waals surface area contributed by atoms with E-state index >= 15 is 0 Å². The number of benzene rings is 2. The first-order chi connectivity index (χ1) is 12.8. The van der Waals surface area contributed by atoms with E-state index in [1.54, 1.807) is 6.33 Å². The molecule has 0 saturated carbocycles. The molecule has 1 atom stereocenters. The number of rotatable bonds is 4. The summed E-state index contributed by atoms with van der Waals surface area (Å²) < 4.78 is 0. The molecule has 0 aliphatic carbocycles. The third-order valence-corrected chi connectivity index (χ3v) is 5.09. The van der Waals surface area contributed by atoms with Crippen molar-refractivity contribution in [2.24, 2.45) is 11.7 Å². The van der Waals surface area contributed by atoms with E-state index < -0.39 is 0 Å². The van der Waals surface area contributed by atoms with Gasteiger partial charge >= 0.3 is 0 Å². The highest BCUT2D eigenvalue weighted by atomic mass is 16.1. The van der Waals surface area contributed by atoms with Crippen molar-refractivity contribution in [1.82, 2.24) is 9.97 Å². The van der Waals surface area contributed by atoms with Crippen LogP contribution in [0.5, 0.6) is 0 Å². The summed E-state index contributed by atoms with van der Waals surface area (Å²) in [4.78, 5) is 22.6. The van der Waals surface area contributed by atoms with Gasteiger partial charge in [-0.1, -0.05) is 36.4 Å². The summed E-state index contributed by atoms with van der Waals surface area (Å²) in [5.41, 5.74) is 9.97. The largest absolute Gasteiger partial charge is 0.355 e. The van der Waals surface area contributed by atoms with Crippen LogP contribution in [0.3, 0.4) is 0 Å². The highest BCUT2D eigenvalue weighted by Gasteiger charge is 2.23. The van der Waals surface area contributed by atoms with Gasteiger partial charge < -0.3 is 15.4 Å². The molecular weight excluding hydrogens is 324 g/mol. The number of aldehydes is 1. The van der Waals surface area contributed by atoms with Crippen LogP contribution < -0.4 is 10.6 Å². The molecular formula is C21H22N4O. The monoisotopic (exact) mass is 346 g/mol. The number of nitrogens with two attached hydrogens (primary N) is 1. The Morgan fingerprint density at radius 2 is 2.00 bits per heavy atom. The molecule has 4 rings (SSSR count). The summed E-state index contributed by atoms with van der Waals surface area (Å²) in [5, 5.41) is 1.04. The number of anilines is 1. The Hall–Kier alpha value is -2.79. The molecule has 5 nitrogen and oxygen atoms in total. The second kappa shape index (κ2) is 7.22. The average molecular weight is 346 g/mol. The number of aromatic nitrogens is 2. The van der Waals surface area contributed by atoms with E-state index in [-0.39, 0.29) is 5.92 Å². The predicted octanol–water partition coefficient (Wildman–Crippen LogP) is 3.17. The molecule has 0 bridgehead atoms. The van der Waals surface area contributed by atoms with E-state index in [2.05, 4.69) is 45.2 Å². The molecule has 1 aliphatic rings. The van der Waals surface area contributed by atoms with Crippen molar-refractivity contribution >= 4 is 23.0 Å². The zero-order valence-electron chi connectivity index (χ0n) is 14.6. The molecule has 1 fully saturated rings. The van der Waals surface area contributed by atoms with Crippen LogP contribution in [0.15, 0.2) is 48.8 Å². The van der Waals surface area contributed by atoms with Gasteiger partial charge in [-0.15, -0.1) is 0 Å². The summed E-state index contributed by atoms with van der Waals surface area (Å²) in [5.74, 6) is 0.991. The maximum Gasteiger partial charge on any atom is 0.140 e. The number of hydrogen-bond donors (Lipinski definition) is 1. The van der Waals surface area contributed by atoms with Gasteiger partial charge in [0.05, 0.1) is 10.9 Å². The minimum absolute atomic E-state index is 0.0739. The molecule has 1 unspecified atom stereocenters. The Balaban J connectivity index is 1.84. The normalized spacial score (nSPS) is 17.4. The topological polar surface area (TPSA) is 72.1 Å². The average Bonchev–Trinajstić information content (AvgIpc) is 2.73. The molecule has 0 radical (unpaired) electrons. The van der Waals surface area contributed by atoms with Crippen molar-refractivity contribution in [3.8, 4) is 11.1 Å². The first-order valence-corrected chi connectivity index (χ1v) is 9.03. The summed E-state index contributed by atoms with van der Waals surface area (Å²) >= 11 is 0. The third kappa shape index (κ3) is 3.06. The van der Waals surface area contributed by atoms with Crippen molar-refractivity contribution in [2.45, 2.75) is 19.4 Å².